The lowest BCUT2D eigenvalue weighted by atomic mass is 10.2. The first-order chi connectivity index (χ1) is 14.3. The summed E-state index contributed by atoms with van der Waals surface area (Å²) in [4.78, 5) is 26.2. The maximum Gasteiger partial charge on any atom is 0.276 e. The van der Waals surface area contributed by atoms with Crippen LogP contribution in [0.2, 0.25) is 0 Å². The SMILES string of the molecule is CNC=C(C(=O)NN(C)C(=S)c1ccccc1)C(=O)NN(C)C(=S)c1ccccc1. The molecule has 30 heavy (non-hydrogen) atoms. The van der Waals surface area contributed by atoms with E-state index in [9.17, 15) is 9.59 Å². The van der Waals surface area contributed by atoms with E-state index in [0.29, 0.717) is 9.98 Å². The van der Waals surface area contributed by atoms with Crippen molar-refractivity contribution in [2.75, 3.05) is 21.1 Å². The average Bonchev–Trinajstić information content (AvgIpc) is 2.77. The molecule has 0 fully saturated rings. The van der Waals surface area contributed by atoms with Crippen LogP contribution in [0.15, 0.2) is 72.4 Å². The molecule has 0 unspecified atom stereocenters. The second kappa shape index (κ2) is 11.0. The van der Waals surface area contributed by atoms with Crippen LogP contribution in [0, 0.1) is 0 Å². The van der Waals surface area contributed by atoms with Crippen molar-refractivity contribution in [3.05, 3.63) is 83.6 Å². The number of nitrogens with zero attached hydrogens (tertiary/aromatic N) is 2. The minimum atomic E-state index is -0.623. The molecule has 0 spiro atoms. The van der Waals surface area contributed by atoms with Gasteiger partial charge >= 0.3 is 0 Å². The molecule has 156 valence electrons. The quantitative estimate of drug-likeness (QED) is 0.215. The zero-order chi connectivity index (χ0) is 22.1. The first kappa shape index (κ1) is 23.0. The van der Waals surface area contributed by atoms with E-state index in [1.807, 2.05) is 60.7 Å². The smallest absolute Gasteiger partial charge is 0.276 e. The predicted molar refractivity (Wildman–Crippen MR) is 125 cm³/mol. The number of nitrogens with one attached hydrogen (secondary N) is 3. The Hall–Kier alpha value is -3.30. The highest BCUT2D eigenvalue weighted by molar-refractivity contribution is 7.80. The predicted octanol–water partition coefficient (Wildman–Crippen LogP) is 1.77. The largest absolute Gasteiger partial charge is 0.393 e. The number of rotatable bonds is 5. The Labute approximate surface area is 186 Å². The summed E-state index contributed by atoms with van der Waals surface area (Å²) in [6.45, 7) is 0. The monoisotopic (exact) mass is 441 g/mol. The van der Waals surface area contributed by atoms with Crippen LogP contribution in [0.1, 0.15) is 11.1 Å². The van der Waals surface area contributed by atoms with Crippen LogP contribution in [0.3, 0.4) is 0 Å². The van der Waals surface area contributed by atoms with Gasteiger partial charge in [-0.25, -0.2) is 0 Å². The molecule has 0 saturated heterocycles. The summed E-state index contributed by atoms with van der Waals surface area (Å²) < 4.78 is 0. The van der Waals surface area contributed by atoms with Crippen molar-refractivity contribution < 1.29 is 9.59 Å². The van der Waals surface area contributed by atoms with Gasteiger partial charge in [-0.05, 0) is 0 Å². The fraction of sp³-hybridized carbons (Fsp3) is 0.143. The van der Waals surface area contributed by atoms with Crippen LogP contribution in [-0.2, 0) is 9.59 Å². The molecule has 0 saturated carbocycles. The van der Waals surface area contributed by atoms with Gasteiger partial charge in [0.25, 0.3) is 11.8 Å². The van der Waals surface area contributed by atoms with Crippen molar-refractivity contribution in [3.8, 4) is 0 Å². The molecule has 9 heteroatoms. The zero-order valence-electron chi connectivity index (χ0n) is 16.9. The van der Waals surface area contributed by atoms with E-state index in [0.717, 1.165) is 11.1 Å². The Bertz CT molecular complexity index is 875. The molecule has 0 aliphatic carbocycles. The van der Waals surface area contributed by atoms with Crippen molar-refractivity contribution in [2.24, 2.45) is 0 Å². The zero-order valence-corrected chi connectivity index (χ0v) is 18.5. The van der Waals surface area contributed by atoms with Gasteiger partial charge in [0, 0.05) is 38.5 Å². The summed E-state index contributed by atoms with van der Waals surface area (Å²) in [5.41, 5.74) is 6.63. The van der Waals surface area contributed by atoms with Gasteiger partial charge < -0.3 is 5.32 Å². The van der Waals surface area contributed by atoms with E-state index in [2.05, 4.69) is 16.2 Å². The topological polar surface area (TPSA) is 76.7 Å². The lowest BCUT2D eigenvalue weighted by Gasteiger charge is -2.24. The number of amides is 2. The molecule has 0 bridgehead atoms. The Morgan fingerprint density at radius 1 is 0.767 bits per heavy atom. The van der Waals surface area contributed by atoms with Crippen LogP contribution in [0.25, 0.3) is 0 Å². The molecule has 0 radical (unpaired) electrons. The van der Waals surface area contributed by atoms with Crippen LogP contribution < -0.4 is 16.2 Å². The molecule has 2 aromatic carbocycles. The fourth-order valence-corrected chi connectivity index (χ4v) is 2.82. The number of benzene rings is 2. The van der Waals surface area contributed by atoms with E-state index in [-0.39, 0.29) is 5.57 Å². The Morgan fingerprint density at radius 2 is 1.13 bits per heavy atom. The number of hydrogen-bond donors (Lipinski definition) is 3. The van der Waals surface area contributed by atoms with Crippen LogP contribution in [0.5, 0.6) is 0 Å². The highest BCUT2D eigenvalue weighted by Gasteiger charge is 2.22. The van der Waals surface area contributed by atoms with Crippen molar-refractivity contribution in [3.63, 3.8) is 0 Å². The molecule has 2 amide bonds. The maximum atomic E-state index is 12.7. The fourth-order valence-electron chi connectivity index (χ4n) is 2.45. The normalized spacial score (nSPS) is 9.70. The highest BCUT2D eigenvalue weighted by Crippen LogP contribution is 2.06. The Balaban J connectivity index is 2.05. The Kier molecular flexibility index (Phi) is 8.45. The van der Waals surface area contributed by atoms with Crippen LogP contribution in [-0.4, -0.2) is 53.0 Å². The summed E-state index contributed by atoms with van der Waals surface area (Å²) in [6, 6.07) is 18.5. The first-order valence-corrected chi connectivity index (χ1v) is 9.82. The molecular formula is C21H23N5O2S2. The number of hydrazine groups is 2. The molecule has 3 N–H and O–H groups in total. The van der Waals surface area contributed by atoms with Crippen molar-refractivity contribution in [1.29, 1.82) is 0 Å². The summed E-state index contributed by atoms with van der Waals surface area (Å²) in [5, 5.41) is 5.49. The van der Waals surface area contributed by atoms with Crippen molar-refractivity contribution in [1.82, 2.24) is 26.2 Å². The van der Waals surface area contributed by atoms with Gasteiger partial charge in [0.2, 0.25) is 0 Å². The average molecular weight is 442 g/mol. The number of carbonyl (C=O) groups excluding carboxylic acids is 2. The third-order valence-corrected chi connectivity index (χ3v) is 4.99. The lowest BCUT2D eigenvalue weighted by molar-refractivity contribution is -0.126. The Morgan fingerprint density at radius 3 is 1.47 bits per heavy atom. The third-order valence-electron chi connectivity index (χ3n) is 3.97. The van der Waals surface area contributed by atoms with Crippen molar-refractivity contribution in [2.45, 2.75) is 0 Å². The summed E-state index contributed by atoms with van der Waals surface area (Å²) in [7, 11) is 4.81. The second-order valence-corrected chi connectivity index (χ2v) is 6.96. The van der Waals surface area contributed by atoms with E-state index in [4.69, 9.17) is 24.4 Å². The lowest BCUT2D eigenvalue weighted by Crippen LogP contribution is -2.49. The molecule has 0 heterocycles. The van der Waals surface area contributed by atoms with Gasteiger partial charge in [-0.3, -0.25) is 30.5 Å². The van der Waals surface area contributed by atoms with Gasteiger partial charge in [0.05, 0.1) is 0 Å². The number of thiocarbonyl (C=S) groups is 2. The van der Waals surface area contributed by atoms with E-state index < -0.39 is 11.8 Å². The summed E-state index contributed by atoms with van der Waals surface area (Å²) >= 11 is 10.8. The maximum absolute atomic E-state index is 12.7. The summed E-state index contributed by atoms with van der Waals surface area (Å²) in [5.74, 6) is -1.25. The molecular weight excluding hydrogens is 418 g/mol. The van der Waals surface area contributed by atoms with Crippen LogP contribution >= 0.6 is 24.4 Å². The summed E-state index contributed by atoms with van der Waals surface area (Å²) in [6.07, 6.45) is 1.31. The molecule has 2 aromatic rings. The molecule has 0 atom stereocenters. The van der Waals surface area contributed by atoms with Gasteiger partial charge in [-0.2, -0.15) is 0 Å². The third kappa shape index (κ3) is 6.10. The standard InChI is InChI=1S/C21H23N5O2S2/c1-22-14-17(18(27)23-25(2)20(29)15-10-6-4-7-11-15)19(28)24-26(3)21(30)16-12-8-5-9-13-16/h4-14,22H,1-3H3,(H,23,27)(H,24,28). The van der Waals surface area contributed by atoms with Gasteiger partial charge in [-0.1, -0.05) is 85.1 Å². The van der Waals surface area contributed by atoms with E-state index in [1.165, 1.54) is 16.2 Å². The van der Waals surface area contributed by atoms with Gasteiger partial charge in [-0.15, -0.1) is 0 Å². The van der Waals surface area contributed by atoms with Crippen molar-refractivity contribution >= 4 is 46.2 Å². The van der Waals surface area contributed by atoms with E-state index >= 15 is 0 Å². The first-order valence-electron chi connectivity index (χ1n) is 9.00. The van der Waals surface area contributed by atoms with Gasteiger partial charge in [0.15, 0.2) is 0 Å². The second-order valence-electron chi connectivity index (χ2n) is 6.19. The number of hydrogen-bond acceptors (Lipinski definition) is 5. The minimum Gasteiger partial charge on any atom is -0.393 e. The molecule has 7 nitrogen and oxygen atoms in total. The molecule has 0 aromatic heterocycles. The highest BCUT2D eigenvalue weighted by atomic mass is 32.1. The number of carbonyl (C=O) groups is 2. The molecule has 0 aliphatic heterocycles. The molecule has 0 aliphatic rings. The van der Waals surface area contributed by atoms with Crippen LogP contribution in [0.4, 0.5) is 0 Å². The van der Waals surface area contributed by atoms with Gasteiger partial charge in [0.1, 0.15) is 15.6 Å². The minimum absolute atomic E-state index is 0.136. The van der Waals surface area contributed by atoms with E-state index in [1.54, 1.807) is 21.1 Å². The molecule has 2 rings (SSSR count).